The van der Waals surface area contributed by atoms with Gasteiger partial charge in [-0.15, -0.1) is 11.3 Å². The lowest BCUT2D eigenvalue weighted by atomic mass is 9.97. The van der Waals surface area contributed by atoms with Crippen molar-refractivity contribution in [3.8, 4) is 17.6 Å². The lowest BCUT2D eigenvalue weighted by Crippen LogP contribution is -2.15. The van der Waals surface area contributed by atoms with Crippen molar-refractivity contribution in [1.82, 2.24) is 9.97 Å². The fraction of sp³-hybridized carbons (Fsp3) is 0.286. The van der Waals surface area contributed by atoms with E-state index in [1.165, 1.54) is 4.88 Å². The second-order valence-electron chi connectivity index (χ2n) is 6.88. The number of allylic oxidation sites excluding steroid dienone is 1. The first-order valence-corrected chi connectivity index (χ1v) is 10.1. The number of aryl methyl sites for hydroxylation is 2. The van der Waals surface area contributed by atoms with E-state index in [1.54, 1.807) is 17.4 Å². The third-order valence-electron chi connectivity index (χ3n) is 5.08. The molecule has 140 valence electrons. The van der Waals surface area contributed by atoms with E-state index in [0.29, 0.717) is 46.3 Å². The van der Waals surface area contributed by atoms with Gasteiger partial charge in [0.25, 0.3) is 5.56 Å². The van der Waals surface area contributed by atoms with E-state index >= 15 is 0 Å². The van der Waals surface area contributed by atoms with Crippen molar-refractivity contribution in [3.63, 3.8) is 0 Å². The van der Waals surface area contributed by atoms with Crippen LogP contribution in [-0.4, -0.2) is 23.2 Å². The molecule has 2 aliphatic rings. The van der Waals surface area contributed by atoms with Crippen LogP contribution in [0.2, 0.25) is 0 Å². The number of hydrogen-bond acceptors (Lipinski definition) is 6. The van der Waals surface area contributed by atoms with Gasteiger partial charge in [-0.2, -0.15) is 5.26 Å². The van der Waals surface area contributed by atoms with Gasteiger partial charge in [0.2, 0.25) is 0 Å². The topological polar surface area (TPSA) is 88.0 Å². The Morgan fingerprint density at radius 3 is 2.89 bits per heavy atom. The predicted octanol–water partition coefficient (Wildman–Crippen LogP) is 3.70. The minimum atomic E-state index is -0.164. The highest BCUT2D eigenvalue weighted by Gasteiger charge is 2.20. The molecule has 6 nitrogen and oxygen atoms in total. The molecule has 3 heterocycles. The van der Waals surface area contributed by atoms with Gasteiger partial charge in [-0.05, 0) is 55.0 Å². The van der Waals surface area contributed by atoms with Gasteiger partial charge in [0, 0.05) is 4.88 Å². The second kappa shape index (κ2) is 6.80. The van der Waals surface area contributed by atoms with E-state index in [2.05, 4.69) is 16.0 Å². The molecular weight excluding hydrogens is 374 g/mol. The van der Waals surface area contributed by atoms with Gasteiger partial charge in [0.05, 0.1) is 11.0 Å². The van der Waals surface area contributed by atoms with Crippen LogP contribution in [-0.2, 0) is 12.8 Å². The summed E-state index contributed by atoms with van der Waals surface area (Å²) in [5, 5.41) is 10.4. The van der Waals surface area contributed by atoms with Crippen molar-refractivity contribution in [1.29, 1.82) is 5.26 Å². The molecule has 7 heteroatoms. The normalized spacial score (nSPS) is 15.9. The highest BCUT2D eigenvalue weighted by molar-refractivity contribution is 7.18. The second-order valence-corrected chi connectivity index (χ2v) is 7.96. The number of rotatable bonds is 2. The van der Waals surface area contributed by atoms with E-state index in [9.17, 15) is 10.1 Å². The van der Waals surface area contributed by atoms with Crippen LogP contribution in [0.15, 0.2) is 23.0 Å². The number of nitriles is 1. The van der Waals surface area contributed by atoms with E-state index < -0.39 is 0 Å². The number of thiophene rings is 1. The average molecular weight is 391 g/mol. The molecule has 1 aliphatic heterocycles. The molecule has 0 unspecified atom stereocenters. The maximum Gasteiger partial charge on any atom is 0.260 e. The predicted molar refractivity (Wildman–Crippen MR) is 108 cm³/mol. The molecule has 0 saturated heterocycles. The summed E-state index contributed by atoms with van der Waals surface area (Å²) < 4.78 is 11.1. The van der Waals surface area contributed by atoms with Crippen molar-refractivity contribution in [3.05, 3.63) is 50.4 Å². The third kappa shape index (κ3) is 2.86. The molecule has 0 spiro atoms. The van der Waals surface area contributed by atoms with Gasteiger partial charge in [-0.3, -0.25) is 4.79 Å². The van der Waals surface area contributed by atoms with E-state index in [-0.39, 0.29) is 5.56 Å². The monoisotopic (exact) mass is 391 g/mol. The first kappa shape index (κ1) is 17.0. The van der Waals surface area contributed by atoms with Crippen LogP contribution in [0.3, 0.4) is 0 Å². The van der Waals surface area contributed by atoms with Crippen LogP contribution in [0.25, 0.3) is 21.9 Å². The maximum absolute atomic E-state index is 12.7. The number of H-pyrrole nitrogens is 1. The number of hydrogen-bond donors (Lipinski definition) is 1. The zero-order valence-corrected chi connectivity index (χ0v) is 15.9. The smallest absolute Gasteiger partial charge is 0.260 e. The molecule has 1 aliphatic carbocycles. The largest absolute Gasteiger partial charge is 0.486 e. The van der Waals surface area contributed by atoms with Crippen LogP contribution in [0.5, 0.6) is 11.5 Å². The minimum Gasteiger partial charge on any atom is -0.486 e. The number of aromatic nitrogens is 2. The molecule has 0 fully saturated rings. The molecule has 28 heavy (non-hydrogen) atoms. The number of ether oxygens (including phenoxy) is 2. The van der Waals surface area contributed by atoms with Gasteiger partial charge in [-0.1, -0.05) is 6.07 Å². The number of benzene rings is 1. The molecule has 0 bridgehead atoms. The van der Waals surface area contributed by atoms with Crippen LogP contribution >= 0.6 is 11.3 Å². The van der Waals surface area contributed by atoms with Crippen LogP contribution < -0.4 is 15.0 Å². The molecule has 5 rings (SSSR count). The summed E-state index contributed by atoms with van der Waals surface area (Å²) in [5.74, 6) is 1.65. The highest BCUT2D eigenvalue weighted by atomic mass is 32.1. The van der Waals surface area contributed by atoms with E-state index in [1.807, 2.05) is 18.2 Å². The van der Waals surface area contributed by atoms with E-state index in [0.717, 1.165) is 36.8 Å². The van der Waals surface area contributed by atoms with Gasteiger partial charge in [0.1, 0.15) is 24.1 Å². The molecule has 1 N–H and O–H groups in total. The fourth-order valence-corrected chi connectivity index (χ4v) is 5.02. The number of nitrogens with one attached hydrogen (secondary N) is 1. The molecular formula is C21H17N3O3S. The minimum absolute atomic E-state index is 0.164. The summed E-state index contributed by atoms with van der Waals surface area (Å²) >= 11 is 1.58. The van der Waals surface area contributed by atoms with Gasteiger partial charge in [0.15, 0.2) is 17.3 Å². The Morgan fingerprint density at radius 2 is 2.04 bits per heavy atom. The molecule has 0 saturated carbocycles. The molecule has 0 radical (unpaired) electrons. The summed E-state index contributed by atoms with van der Waals surface area (Å²) in [6.07, 6.45) is 5.89. The Morgan fingerprint density at radius 1 is 1.21 bits per heavy atom. The summed E-state index contributed by atoms with van der Waals surface area (Å²) in [5.41, 5.74) is 2.07. The Hall–Kier alpha value is -3.11. The standard InChI is InChI=1S/C21H17N3O3S/c22-11-13(9-12-5-6-15-16(10-12)27-8-7-26-15)19-23-20(25)18-14-3-1-2-4-17(14)28-21(18)24-19/h5-6,9-10H,1-4,7-8H2,(H,23,24,25). The zero-order chi connectivity index (χ0) is 19.1. The molecule has 2 aromatic heterocycles. The first-order chi connectivity index (χ1) is 13.7. The van der Waals surface area contributed by atoms with Crippen LogP contribution in [0.4, 0.5) is 0 Å². The Labute approximate surface area is 165 Å². The fourth-order valence-electron chi connectivity index (χ4n) is 3.76. The van der Waals surface area contributed by atoms with Crippen LogP contribution in [0.1, 0.15) is 34.7 Å². The number of aromatic amines is 1. The van der Waals surface area contributed by atoms with E-state index in [4.69, 9.17) is 9.47 Å². The zero-order valence-electron chi connectivity index (χ0n) is 15.1. The maximum atomic E-state index is 12.7. The van der Waals surface area contributed by atoms with Gasteiger partial charge < -0.3 is 14.5 Å². The quantitative estimate of drug-likeness (QED) is 0.673. The summed E-state index contributed by atoms with van der Waals surface area (Å²) in [4.78, 5) is 22.1. The number of fused-ring (bicyclic) bond motifs is 4. The summed E-state index contributed by atoms with van der Waals surface area (Å²) in [7, 11) is 0. The highest BCUT2D eigenvalue weighted by Crippen LogP contribution is 2.34. The summed E-state index contributed by atoms with van der Waals surface area (Å²) in [6.45, 7) is 1.03. The molecule has 0 atom stereocenters. The molecule has 0 amide bonds. The van der Waals surface area contributed by atoms with Crippen LogP contribution in [0, 0.1) is 11.3 Å². The van der Waals surface area contributed by atoms with Gasteiger partial charge >= 0.3 is 0 Å². The molecule has 3 aromatic rings. The lowest BCUT2D eigenvalue weighted by Gasteiger charge is -2.18. The van der Waals surface area contributed by atoms with Crippen molar-refractivity contribution in [2.45, 2.75) is 25.7 Å². The summed E-state index contributed by atoms with van der Waals surface area (Å²) in [6, 6.07) is 7.66. The third-order valence-corrected chi connectivity index (χ3v) is 6.26. The first-order valence-electron chi connectivity index (χ1n) is 9.29. The Bertz CT molecular complexity index is 1220. The Kier molecular flexibility index (Phi) is 4.14. The van der Waals surface area contributed by atoms with Crippen molar-refractivity contribution < 1.29 is 9.47 Å². The SMILES string of the molecule is N#CC(=Cc1ccc2c(c1)OCCO2)c1nc2sc3c(c2c(=O)[nH]1)CCCC3. The van der Waals surface area contributed by atoms with Crippen molar-refractivity contribution in [2.75, 3.05) is 13.2 Å². The Balaban J connectivity index is 1.59. The van der Waals surface area contributed by atoms with Gasteiger partial charge in [-0.25, -0.2) is 4.98 Å². The number of nitrogens with zero attached hydrogens (tertiary/aromatic N) is 2. The molecule has 1 aromatic carbocycles. The van der Waals surface area contributed by atoms with Crippen molar-refractivity contribution >= 4 is 33.2 Å². The lowest BCUT2D eigenvalue weighted by molar-refractivity contribution is 0.171. The van der Waals surface area contributed by atoms with Crippen molar-refractivity contribution in [2.24, 2.45) is 0 Å². The average Bonchev–Trinajstić information content (AvgIpc) is 3.10.